The molecule has 1 aromatic carbocycles. The van der Waals surface area contributed by atoms with E-state index in [1.54, 1.807) is 11.8 Å². The summed E-state index contributed by atoms with van der Waals surface area (Å²) in [4.78, 5) is 14.6. The minimum atomic E-state index is -3.18. The lowest BCUT2D eigenvalue weighted by Gasteiger charge is -2.37. The minimum Gasteiger partial charge on any atom is -0.338 e. The van der Waals surface area contributed by atoms with Crippen LogP contribution in [-0.4, -0.2) is 61.0 Å². The highest BCUT2D eigenvalue weighted by molar-refractivity contribution is 7.89. The van der Waals surface area contributed by atoms with E-state index in [9.17, 15) is 13.2 Å². The minimum absolute atomic E-state index is 0. The highest BCUT2D eigenvalue weighted by atomic mass is 35.5. The molecular weight excluding hydrogens is 350 g/mol. The van der Waals surface area contributed by atoms with Crippen molar-refractivity contribution in [3.8, 4) is 0 Å². The van der Waals surface area contributed by atoms with Crippen LogP contribution >= 0.6 is 12.4 Å². The van der Waals surface area contributed by atoms with Crippen LogP contribution in [0.15, 0.2) is 24.3 Å². The molecule has 0 bridgehead atoms. The van der Waals surface area contributed by atoms with Crippen molar-refractivity contribution in [2.45, 2.75) is 25.3 Å². The largest absolute Gasteiger partial charge is 0.338 e. The second kappa shape index (κ2) is 7.00. The smallest absolute Gasteiger partial charge is 0.243 e. The number of nitrogens with two attached hydrogens (primary N) is 1. The first-order chi connectivity index (χ1) is 10.9. The molecule has 0 aromatic heterocycles. The lowest BCUT2D eigenvalue weighted by Crippen LogP contribution is -2.60. The van der Waals surface area contributed by atoms with Crippen LogP contribution in [0.3, 0.4) is 0 Å². The van der Waals surface area contributed by atoms with Gasteiger partial charge in [-0.05, 0) is 30.9 Å². The lowest BCUT2D eigenvalue weighted by atomic mass is 9.95. The average Bonchev–Trinajstić information content (AvgIpc) is 2.91. The topological polar surface area (TPSA) is 83.7 Å². The molecule has 8 heteroatoms. The van der Waals surface area contributed by atoms with E-state index in [1.165, 1.54) is 4.31 Å². The van der Waals surface area contributed by atoms with E-state index in [0.717, 1.165) is 11.1 Å². The van der Waals surface area contributed by atoms with E-state index in [0.29, 0.717) is 39.0 Å². The second-order valence-corrected chi connectivity index (χ2v) is 8.63. The third-order valence-corrected chi connectivity index (χ3v) is 6.72. The normalized spacial score (nSPS) is 20.3. The van der Waals surface area contributed by atoms with Gasteiger partial charge in [0.25, 0.3) is 0 Å². The number of nitrogens with zero attached hydrogens (tertiary/aromatic N) is 2. The molecule has 1 aliphatic carbocycles. The fourth-order valence-electron chi connectivity index (χ4n) is 3.46. The molecule has 0 saturated carbocycles. The van der Waals surface area contributed by atoms with E-state index in [1.807, 2.05) is 24.3 Å². The standard InChI is InChI=1S/C16H23N3O3S.ClH/c1-2-23(21,22)19-9-7-18(8-10-19)15(20)16(17)11-13-5-3-4-6-14(13)12-16;/h3-6H,2,7-12,17H2,1H3;1H. The van der Waals surface area contributed by atoms with Crippen LogP contribution in [0.25, 0.3) is 0 Å². The number of sulfonamides is 1. The van der Waals surface area contributed by atoms with Gasteiger partial charge in [-0.15, -0.1) is 12.4 Å². The molecule has 0 spiro atoms. The van der Waals surface area contributed by atoms with Gasteiger partial charge in [0, 0.05) is 26.2 Å². The van der Waals surface area contributed by atoms with Gasteiger partial charge in [-0.1, -0.05) is 24.3 Å². The molecule has 2 aliphatic rings. The summed E-state index contributed by atoms with van der Waals surface area (Å²) in [6, 6.07) is 7.96. The summed E-state index contributed by atoms with van der Waals surface area (Å²) in [5.74, 6) is 0.0270. The molecule has 134 valence electrons. The van der Waals surface area contributed by atoms with Gasteiger partial charge in [0.1, 0.15) is 5.54 Å². The first kappa shape index (κ1) is 19.2. The Morgan fingerprint density at radius 1 is 1.12 bits per heavy atom. The summed E-state index contributed by atoms with van der Waals surface area (Å²) in [5.41, 5.74) is 7.78. The van der Waals surface area contributed by atoms with Gasteiger partial charge in [0.05, 0.1) is 5.75 Å². The van der Waals surface area contributed by atoms with Gasteiger partial charge >= 0.3 is 0 Å². The Morgan fingerprint density at radius 2 is 1.62 bits per heavy atom. The van der Waals surface area contributed by atoms with Crippen LogP contribution < -0.4 is 5.73 Å². The van der Waals surface area contributed by atoms with Crippen molar-refractivity contribution < 1.29 is 13.2 Å². The number of amides is 1. The van der Waals surface area contributed by atoms with E-state index in [4.69, 9.17) is 5.73 Å². The first-order valence-electron chi connectivity index (χ1n) is 7.98. The fraction of sp³-hybridized carbons (Fsp3) is 0.562. The third-order valence-electron chi connectivity index (χ3n) is 4.84. The van der Waals surface area contributed by atoms with Gasteiger partial charge < -0.3 is 10.6 Å². The Labute approximate surface area is 149 Å². The Balaban J connectivity index is 0.00000208. The molecule has 1 fully saturated rings. The van der Waals surface area contributed by atoms with E-state index in [-0.39, 0.29) is 24.1 Å². The molecular formula is C16H24ClN3O3S. The molecule has 3 rings (SSSR count). The molecule has 1 heterocycles. The number of carbonyl (C=O) groups is 1. The van der Waals surface area contributed by atoms with Crippen molar-refractivity contribution in [2.75, 3.05) is 31.9 Å². The molecule has 1 aromatic rings. The molecule has 0 radical (unpaired) electrons. The van der Waals surface area contributed by atoms with Crippen LogP contribution in [0.1, 0.15) is 18.1 Å². The molecule has 24 heavy (non-hydrogen) atoms. The molecule has 1 saturated heterocycles. The fourth-order valence-corrected chi connectivity index (χ4v) is 4.55. The van der Waals surface area contributed by atoms with Gasteiger partial charge in [-0.25, -0.2) is 8.42 Å². The quantitative estimate of drug-likeness (QED) is 0.831. The van der Waals surface area contributed by atoms with Gasteiger partial charge in [-0.3, -0.25) is 4.79 Å². The zero-order chi connectivity index (χ0) is 16.7. The van der Waals surface area contributed by atoms with Crippen LogP contribution in [-0.2, 0) is 27.7 Å². The predicted octanol–water partition coefficient (Wildman–Crippen LogP) is 0.398. The van der Waals surface area contributed by atoms with Gasteiger partial charge in [0.2, 0.25) is 15.9 Å². The summed E-state index contributed by atoms with van der Waals surface area (Å²) in [6.45, 7) is 3.16. The summed E-state index contributed by atoms with van der Waals surface area (Å²) in [7, 11) is -3.18. The molecule has 2 N–H and O–H groups in total. The molecule has 0 atom stereocenters. The maximum absolute atomic E-state index is 12.8. The van der Waals surface area contributed by atoms with Crippen LogP contribution in [0.2, 0.25) is 0 Å². The lowest BCUT2D eigenvalue weighted by molar-refractivity contribution is -0.137. The highest BCUT2D eigenvalue weighted by Gasteiger charge is 2.43. The highest BCUT2D eigenvalue weighted by Crippen LogP contribution is 2.30. The van der Waals surface area contributed by atoms with E-state index >= 15 is 0 Å². The number of carbonyl (C=O) groups excluding carboxylic acids is 1. The average molecular weight is 374 g/mol. The third kappa shape index (κ3) is 3.44. The number of fused-ring (bicyclic) bond motifs is 1. The molecule has 1 amide bonds. The monoisotopic (exact) mass is 373 g/mol. The Kier molecular flexibility index (Phi) is 5.59. The van der Waals surface area contributed by atoms with Crippen molar-refractivity contribution in [3.05, 3.63) is 35.4 Å². The predicted molar refractivity (Wildman–Crippen MR) is 95.6 cm³/mol. The number of benzene rings is 1. The number of halogens is 1. The van der Waals surface area contributed by atoms with Crippen LogP contribution in [0.4, 0.5) is 0 Å². The summed E-state index contributed by atoms with van der Waals surface area (Å²) in [6.07, 6.45) is 1.10. The van der Waals surface area contributed by atoms with Crippen molar-refractivity contribution in [3.63, 3.8) is 0 Å². The maximum Gasteiger partial charge on any atom is 0.243 e. The zero-order valence-corrected chi connectivity index (χ0v) is 15.4. The second-order valence-electron chi connectivity index (χ2n) is 6.37. The summed E-state index contributed by atoms with van der Waals surface area (Å²) >= 11 is 0. The SMILES string of the molecule is CCS(=O)(=O)N1CCN(C(=O)C2(N)Cc3ccccc3C2)CC1.Cl. The number of piperazine rings is 1. The zero-order valence-electron chi connectivity index (χ0n) is 13.8. The van der Waals surface area contributed by atoms with Crippen molar-refractivity contribution in [1.29, 1.82) is 0 Å². The Morgan fingerprint density at radius 3 is 2.08 bits per heavy atom. The van der Waals surface area contributed by atoms with Crippen LogP contribution in [0, 0.1) is 0 Å². The van der Waals surface area contributed by atoms with Gasteiger partial charge in [0.15, 0.2) is 0 Å². The first-order valence-corrected chi connectivity index (χ1v) is 9.59. The van der Waals surface area contributed by atoms with Crippen LogP contribution in [0.5, 0.6) is 0 Å². The van der Waals surface area contributed by atoms with Crippen molar-refractivity contribution >= 4 is 28.3 Å². The summed E-state index contributed by atoms with van der Waals surface area (Å²) < 4.78 is 25.3. The Bertz CT molecular complexity index is 690. The van der Waals surface area contributed by atoms with E-state index < -0.39 is 15.6 Å². The number of hydrogen-bond donors (Lipinski definition) is 1. The number of hydrogen-bond acceptors (Lipinski definition) is 4. The molecule has 0 unspecified atom stereocenters. The number of rotatable bonds is 3. The van der Waals surface area contributed by atoms with Crippen molar-refractivity contribution in [1.82, 2.24) is 9.21 Å². The van der Waals surface area contributed by atoms with E-state index in [2.05, 4.69) is 0 Å². The summed E-state index contributed by atoms with van der Waals surface area (Å²) in [5, 5.41) is 0. The molecule has 6 nitrogen and oxygen atoms in total. The van der Waals surface area contributed by atoms with Crippen molar-refractivity contribution in [2.24, 2.45) is 5.73 Å². The maximum atomic E-state index is 12.8. The Hall–Kier alpha value is -1.15. The van der Waals surface area contributed by atoms with Gasteiger partial charge in [-0.2, -0.15) is 4.31 Å². The molecule has 1 aliphatic heterocycles.